The lowest BCUT2D eigenvalue weighted by molar-refractivity contribution is 0.475. The highest BCUT2D eigenvalue weighted by Crippen LogP contribution is 2.32. The zero-order valence-corrected chi connectivity index (χ0v) is 9.12. The predicted octanol–water partition coefficient (Wildman–Crippen LogP) is 4.02. The highest BCUT2D eigenvalue weighted by Gasteiger charge is 2.06. The van der Waals surface area contributed by atoms with Gasteiger partial charge in [-0.3, -0.25) is 0 Å². The second kappa shape index (κ2) is 3.95. The molecule has 0 saturated carbocycles. The number of benzene rings is 2. The average molecular weight is 219 g/mol. The van der Waals surface area contributed by atoms with Crippen molar-refractivity contribution in [2.75, 3.05) is 0 Å². The number of aryl methyl sites for hydroxylation is 1. The van der Waals surface area contributed by atoms with Crippen LogP contribution in [0.1, 0.15) is 5.56 Å². The molecule has 0 saturated heterocycles. The summed E-state index contributed by atoms with van der Waals surface area (Å²) in [7, 11) is 0. The van der Waals surface area contributed by atoms with Crippen molar-refractivity contribution in [1.82, 2.24) is 0 Å². The van der Waals surface area contributed by atoms with Gasteiger partial charge in [-0.15, -0.1) is 0 Å². The van der Waals surface area contributed by atoms with Gasteiger partial charge in [-0.1, -0.05) is 35.9 Å². The third-order valence-electron chi connectivity index (χ3n) is 2.36. The molecular formula is C13H11ClO. The van der Waals surface area contributed by atoms with E-state index < -0.39 is 0 Å². The first-order valence-corrected chi connectivity index (χ1v) is 5.11. The van der Waals surface area contributed by atoms with Crippen LogP contribution in [0.3, 0.4) is 0 Å². The summed E-state index contributed by atoms with van der Waals surface area (Å²) < 4.78 is 0. The fraction of sp³-hybridized carbons (Fsp3) is 0.0769. The van der Waals surface area contributed by atoms with Gasteiger partial charge in [-0.2, -0.15) is 0 Å². The van der Waals surface area contributed by atoms with Gasteiger partial charge >= 0.3 is 0 Å². The van der Waals surface area contributed by atoms with Crippen LogP contribution < -0.4 is 0 Å². The van der Waals surface area contributed by atoms with Crippen LogP contribution in [0.25, 0.3) is 11.1 Å². The van der Waals surface area contributed by atoms with Crippen LogP contribution >= 0.6 is 11.6 Å². The summed E-state index contributed by atoms with van der Waals surface area (Å²) in [5.41, 5.74) is 3.03. The fourth-order valence-corrected chi connectivity index (χ4v) is 1.99. The third-order valence-corrected chi connectivity index (χ3v) is 2.67. The summed E-state index contributed by atoms with van der Waals surface area (Å²) >= 11 is 6.13. The van der Waals surface area contributed by atoms with E-state index in [4.69, 9.17) is 11.6 Å². The van der Waals surface area contributed by atoms with Crippen LogP contribution in [-0.2, 0) is 0 Å². The molecule has 0 aliphatic heterocycles. The Morgan fingerprint density at radius 1 is 1.07 bits per heavy atom. The van der Waals surface area contributed by atoms with Crippen molar-refractivity contribution in [3.8, 4) is 16.9 Å². The molecule has 76 valence electrons. The minimum atomic E-state index is 0.256. The molecule has 0 heterocycles. The molecule has 1 N–H and O–H groups in total. The van der Waals surface area contributed by atoms with Crippen molar-refractivity contribution in [2.24, 2.45) is 0 Å². The maximum Gasteiger partial charge on any atom is 0.116 e. The van der Waals surface area contributed by atoms with E-state index in [0.717, 1.165) is 16.7 Å². The first-order chi connectivity index (χ1) is 7.18. The van der Waals surface area contributed by atoms with E-state index in [9.17, 15) is 5.11 Å². The van der Waals surface area contributed by atoms with Crippen molar-refractivity contribution in [1.29, 1.82) is 0 Å². The van der Waals surface area contributed by atoms with Crippen molar-refractivity contribution >= 4 is 11.6 Å². The number of aromatic hydroxyl groups is 1. The van der Waals surface area contributed by atoms with E-state index in [0.29, 0.717) is 5.02 Å². The summed E-state index contributed by atoms with van der Waals surface area (Å²) in [5, 5.41) is 10.1. The Hall–Kier alpha value is -1.47. The number of hydrogen-bond donors (Lipinski definition) is 1. The van der Waals surface area contributed by atoms with E-state index in [-0.39, 0.29) is 5.75 Å². The first kappa shape index (κ1) is 10.1. The van der Waals surface area contributed by atoms with Crippen LogP contribution in [0, 0.1) is 6.92 Å². The molecule has 2 aromatic carbocycles. The Kier molecular flexibility index (Phi) is 2.65. The van der Waals surface area contributed by atoms with Crippen LogP contribution in [0.15, 0.2) is 42.5 Å². The molecule has 0 bridgehead atoms. The zero-order chi connectivity index (χ0) is 10.8. The van der Waals surface area contributed by atoms with Crippen molar-refractivity contribution in [3.05, 3.63) is 53.1 Å². The fourth-order valence-electron chi connectivity index (χ4n) is 1.66. The SMILES string of the molecule is Cc1cccc(Cl)c1-c1cccc(O)c1. The molecule has 0 atom stereocenters. The smallest absolute Gasteiger partial charge is 0.116 e. The van der Waals surface area contributed by atoms with Crippen LogP contribution in [0.5, 0.6) is 5.75 Å². The monoisotopic (exact) mass is 218 g/mol. The van der Waals surface area contributed by atoms with Gasteiger partial charge in [0.2, 0.25) is 0 Å². The number of hydrogen-bond acceptors (Lipinski definition) is 1. The van der Waals surface area contributed by atoms with Crippen molar-refractivity contribution in [2.45, 2.75) is 6.92 Å². The first-order valence-electron chi connectivity index (χ1n) is 4.73. The Labute approximate surface area is 94.0 Å². The molecule has 0 unspecified atom stereocenters. The third kappa shape index (κ3) is 1.97. The van der Waals surface area contributed by atoms with Crippen LogP contribution in [0.4, 0.5) is 0 Å². The average Bonchev–Trinajstić information content (AvgIpc) is 2.17. The van der Waals surface area contributed by atoms with Crippen molar-refractivity contribution in [3.63, 3.8) is 0 Å². The van der Waals surface area contributed by atoms with E-state index in [2.05, 4.69) is 0 Å². The Morgan fingerprint density at radius 3 is 2.47 bits per heavy atom. The van der Waals surface area contributed by atoms with Gasteiger partial charge in [0, 0.05) is 10.6 Å². The number of phenols is 1. The van der Waals surface area contributed by atoms with E-state index >= 15 is 0 Å². The summed E-state index contributed by atoms with van der Waals surface area (Å²) in [6.45, 7) is 2.01. The summed E-state index contributed by atoms with van der Waals surface area (Å²) in [6.07, 6.45) is 0. The van der Waals surface area contributed by atoms with Crippen molar-refractivity contribution < 1.29 is 5.11 Å². The predicted molar refractivity (Wildman–Crippen MR) is 63.3 cm³/mol. The van der Waals surface area contributed by atoms with Gasteiger partial charge in [-0.25, -0.2) is 0 Å². The van der Waals surface area contributed by atoms with E-state index in [1.54, 1.807) is 12.1 Å². The molecule has 2 aromatic rings. The molecule has 0 aliphatic carbocycles. The summed E-state index contributed by atoms with van der Waals surface area (Å²) in [4.78, 5) is 0. The number of halogens is 1. The minimum absolute atomic E-state index is 0.256. The van der Waals surface area contributed by atoms with Gasteiger partial charge in [0.15, 0.2) is 0 Å². The Morgan fingerprint density at radius 2 is 1.80 bits per heavy atom. The highest BCUT2D eigenvalue weighted by atomic mass is 35.5. The molecule has 0 aliphatic rings. The Bertz CT molecular complexity index is 471. The normalized spacial score (nSPS) is 10.3. The van der Waals surface area contributed by atoms with Gasteiger partial charge in [0.25, 0.3) is 0 Å². The van der Waals surface area contributed by atoms with Crippen LogP contribution in [0.2, 0.25) is 5.02 Å². The molecule has 2 rings (SSSR count). The maximum absolute atomic E-state index is 9.41. The standard InChI is InChI=1S/C13H11ClO/c1-9-4-2-7-12(14)13(9)10-5-3-6-11(15)8-10/h2-8,15H,1H3. The number of phenolic OH excluding ortho intramolecular Hbond substituents is 1. The van der Waals surface area contributed by atoms with Gasteiger partial charge < -0.3 is 5.11 Å². The summed E-state index contributed by atoms with van der Waals surface area (Å²) in [6, 6.07) is 12.9. The molecule has 0 spiro atoms. The molecule has 0 aromatic heterocycles. The second-order valence-corrected chi connectivity index (χ2v) is 3.89. The summed E-state index contributed by atoms with van der Waals surface area (Å²) in [5.74, 6) is 0.256. The van der Waals surface area contributed by atoms with Gasteiger partial charge in [-0.05, 0) is 36.2 Å². The minimum Gasteiger partial charge on any atom is -0.508 e. The quantitative estimate of drug-likeness (QED) is 0.767. The lowest BCUT2D eigenvalue weighted by Crippen LogP contribution is -1.84. The number of rotatable bonds is 1. The maximum atomic E-state index is 9.41. The largest absolute Gasteiger partial charge is 0.508 e. The molecule has 0 fully saturated rings. The molecule has 1 nitrogen and oxygen atoms in total. The van der Waals surface area contributed by atoms with E-state index in [1.165, 1.54) is 0 Å². The molecule has 15 heavy (non-hydrogen) atoms. The topological polar surface area (TPSA) is 20.2 Å². The molecule has 0 amide bonds. The molecular weight excluding hydrogens is 208 g/mol. The van der Waals surface area contributed by atoms with Gasteiger partial charge in [0.05, 0.1) is 0 Å². The molecule has 0 radical (unpaired) electrons. The second-order valence-electron chi connectivity index (χ2n) is 3.48. The Balaban J connectivity index is 2.63. The van der Waals surface area contributed by atoms with Gasteiger partial charge in [0.1, 0.15) is 5.75 Å². The lowest BCUT2D eigenvalue weighted by atomic mass is 10.0. The van der Waals surface area contributed by atoms with Crippen LogP contribution in [-0.4, -0.2) is 5.11 Å². The van der Waals surface area contributed by atoms with E-state index in [1.807, 2.05) is 37.3 Å². The molecule has 2 heteroatoms. The highest BCUT2D eigenvalue weighted by molar-refractivity contribution is 6.33. The zero-order valence-electron chi connectivity index (χ0n) is 8.37. The lowest BCUT2D eigenvalue weighted by Gasteiger charge is -2.08.